The Morgan fingerprint density at radius 3 is 2.16 bits per heavy atom. The Hall–Kier alpha value is -1.07. The molecule has 0 saturated carbocycles. The van der Waals surface area contributed by atoms with Crippen LogP contribution in [0.4, 0.5) is 5.69 Å². The van der Waals surface area contributed by atoms with Crippen molar-refractivity contribution in [3.63, 3.8) is 0 Å². The molecule has 0 aliphatic carbocycles. The van der Waals surface area contributed by atoms with E-state index in [1.165, 1.54) is 0 Å². The Balaban J connectivity index is 3.34. The average molecular weight is 284 g/mol. The summed E-state index contributed by atoms with van der Waals surface area (Å²) < 4.78 is 27.8. The van der Waals surface area contributed by atoms with Crippen molar-refractivity contribution >= 4 is 15.7 Å². The molecule has 0 unspecified atom stereocenters. The van der Waals surface area contributed by atoms with Crippen molar-refractivity contribution in [2.45, 2.75) is 58.4 Å². The zero-order valence-electron chi connectivity index (χ0n) is 12.4. The van der Waals surface area contributed by atoms with Crippen molar-refractivity contribution in [1.82, 2.24) is 4.72 Å². The number of hydrogen-bond donors (Lipinski definition) is 2. The van der Waals surface area contributed by atoms with E-state index < -0.39 is 10.0 Å². The highest BCUT2D eigenvalue weighted by Gasteiger charge is 2.23. The Morgan fingerprint density at radius 2 is 1.68 bits per heavy atom. The van der Waals surface area contributed by atoms with Crippen LogP contribution in [0, 0.1) is 20.8 Å². The van der Waals surface area contributed by atoms with Crippen LogP contribution in [-0.4, -0.2) is 14.5 Å². The summed E-state index contributed by atoms with van der Waals surface area (Å²) in [5.74, 6) is 0. The van der Waals surface area contributed by atoms with Gasteiger partial charge in [0.25, 0.3) is 0 Å². The third kappa shape index (κ3) is 3.28. The van der Waals surface area contributed by atoms with Gasteiger partial charge in [-0.25, -0.2) is 13.1 Å². The normalized spacial score (nSPS) is 12.1. The van der Waals surface area contributed by atoms with Crippen LogP contribution in [0.5, 0.6) is 0 Å². The van der Waals surface area contributed by atoms with Crippen LogP contribution in [0.15, 0.2) is 11.0 Å². The number of hydrogen-bond acceptors (Lipinski definition) is 3. The minimum Gasteiger partial charge on any atom is -0.398 e. The molecule has 0 amide bonds. The molecular weight excluding hydrogens is 260 g/mol. The molecule has 0 atom stereocenters. The van der Waals surface area contributed by atoms with Crippen LogP contribution in [-0.2, 0) is 10.0 Å². The largest absolute Gasteiger partial charge is 0.398 e. The van der Waals surface area contributed by atoms with Gasteiger partial charge in [-0.05, 0) is 50.3 Å². The summed E-state index contributed by atoms with van der Waals surface area (Å²) in [6.45, 7) is 9.40. The lowest BCUT2D eigenvalue weighted by molar-refractivity contribution is 0.529. The fraction of sp³-hybridized carbons (Fsp3) is 0.571. The van der Waals surface area contributed by atoms with E-state index in [0.717, 1.165) is 24.0 Å². The highest BCUT2D eigenvalue weighted by Crippen LogP contribution is 2.28. The molecule has 0 aliphatic heterocycles. The first-order valence-corrected chi connectivity index (χ1v) is 8.11. The predicted octanol–water partition coefficient (Wildman–Crippen LogP) is 2.66. The number of nitrogens with two attached hydrogens (primary N) is 1. The summed E-state index contributed by atoms with van der Waals surface area (Å²) in [4.78, 5) is 0.322. The molecule has 4 nitrogen and oxygen atoms in total. The van der Waals surface area contributed by atoms with Gasteiger partial charge in [-0.15, -0.1) is 0 Å². The summed E-state index contributed by atoms with van der Waals surface area (Å²) in [6, 6.07) is 1.79. The molecule has 0 saturated heterocycles. The second kappa shape index (κ2) is 5.92. The first-order chi connectivity index (χ1) is 8.74. The van der Waals surface area contributed by atoms with Gasteiger partial charge in [0.05, 0.1) is 4.90 Å². The maximum atomic E-state index is 12.5. The fourth-order valence-electron chi connectivity index (χ4n) is 2.33. The standard InChI is InChI=1S/C14H24N2O2S/c1-6-12(7-2)16-19(17,18)14-10(4)8-9(3)13(15)11(14)5/h8,12,16H,6-7,15H2,1-5H3. The van der Waals surface area contributed by atoms with E-state index in [9.17, 15) is 8.42 Å². The van der Waals surface area contributed by atoms with Gasteiger partial charge in [0, 0.05) is 11.7 Å². The third-order valence-electron chi connectivity index (χ3n) is 3.54. The molecule has 0 radical (unpaired) electrons. The summed E-state index contributed by atoms with van der Waals surface area (Å²) in [6.07, 6.45) is 1.55. The second-order valence-corrected chi connectivity index (χ2v) is 6.66. The second-order valence-electron chi connectivity index (χ2n) is 5.01. The number of sulfonamides is 1. The third-order valence-corrected chi connectivity index (χ3v) is 5.35. The lowest BCUT2D eigenvalue weighted by Gasteiger charge is -2.19. The van der Waals surface area contributed by atoms with Crippen molar-refractivity contribution in [3.05, 3.63) is 22.8 Å². The van der Waals surface area contributed by atoms with Crippen molar-refractivity contribution in [1.29, 1.82) is 0 Å². The minimum atomic E-state index is -3.51. The molecule has 108 valence electrons. The molecule has 0 bridgehead atoms. The smallest absolute Gasteiger partial charge is 0.241 e. The van der Waals surface area contributed by atoms with Gasteiger partial charge in [-0.2, -0.15) is 0 Å². The molecule has 1 rings (SSSR count). The zero-order chi connectivity index (χ0) is 14.8. The van der Waals surface area contributed by atoms with Gasteiger partial charge in [0.1, 0.15) is 0 Å². The topological polar surface area (TPSA) is 72.2 Å². The minimum absolute atomic E-state index is 0.0358. The Morgan fingerprint density at radius 1 is 1.16 bits per heavy atom. The molecule has 3 N–H and O–H groups in total. The number of anilines is 1. The maximum absolute atomic E-state index is 12.5. The van der Waals surface area contributed by atoms with Gasteiger partial charge in [-0.3, -0.25) is 0 Å². The molecule has 19 heavy (non-hydrogen) atoms. The van der Waals surface area contributed by atoms with E-state index in [1.54, 1.807) is 13.8 Å². The van der Waals surface area contributed by atoms with Gasteiger partial charge in [0.2, 0.25) is 10.0 Å². The lowest BCUT2D eigenvalue weighted by atomic mass is 10.1. The van der Waals surface area contributed by atoms with Gasteiger partial charge < -0.3 is 5.73 Å². The lowest BCUT2D eigenvalue weighted by Crippen LogP contribution is -2.34. The molecule has 1 aromatic carbocycles. The van der Waals surface area contributed by atoms with E-state index in [-0.39, 0.29) is 6.04 Å². The number of nitrogens with one attached hydrogen (secondary N) is 1. The van der Waals surface area contributed by atoms with Crippen molar-refractivity contribution < 1.29 is 8.42 Å². The van der Waals surface area contributed by atoms with Crippen LogP contribution in [0.3, 0.4) is 0 Å². The monoisotopic (exact) mass is 284 g/mol. The van der Waals surface area contributed by atoms with Crippen molar-refractivity contribution in [2.24, 2.45) is 0 Å². The number of nitrogen functional groups attached to an aromatic ring is 1. The van der Waals surface area contributed by atoms with E-state index >= 15 is 0 Å². The number of rotatable bonds is 5. The highest BCUT2D eigenvalue weighted by atomic mass is 32.2. The maximum Gasteiger partial charge on any atom is 0.241 e. The van der Waals surface area contributed by atoms with Crippen LogP contribution in [0.25, 0.3) is 0 Å². The molecule has 1 aromatic rings. The zero-order valence-corrected chi connectivity index (χ0v) is 13.2. The summed E-state index contributed by atoms with van der Waals surface area (Å²) >= 11 is 0. The molecular formula is C14H24N2O2S. The molecule has 0 fully saturated rings. The van der Waals surface area contributed by atoms with Gasteiger partial charge >= 0.3 is 0 Å². The van der Waals surface area contributed by atoms with E-state index in [1.807, 2.05) is 26.8 Å². The summed E-state index contributed by atoms with van der Waals surface area (Å²) in [5, 5.41) is 0. The average Bonchev–Trinajstić information content (AvgIpc) is 2.32. The van der Waals surface area contributed by atoms with E-state index in [2.05, 4.69) is 4.72 Å². The van der Waals surface area contributed by atoms with Gasteiger partial charge in [-0.1, -0.05) is 19.9 Å². The van der Waals surface area contributed by atoms with Crippen LogP contribution in [0.2, 0.25) is 0 Å². The highest BCUT2D eigenvalue weighted by molar-refractivity contribution is 7.89. The predicted molar refractivity (Wildman–Crippen MR) is 79.8 cm³/mol. The Labute approximate surface area is 116 Å². The van der Waals surface area contributed by atoms with E-state index in [4.69, 9.17) is 5.73 Å². The molecule has 0 aliphatic rings. The van der Waals surface area contributed by atoms with Crippen molar-refractivity contribution in [3.8, 4) is 0 Å². The van der Waals surface area contributed by atoms with Crippen molar-refractivity contribution in [2.75, 3.05) is 5.73 Å². The quantitative estimate of drug-likeness (QED) is 0.816. The molecule has 5 heteroatoms. The first-order valence-electron chi connectivity index (χ1n) is 6.63. The fourth-order valence-corrected chi connectivity index (χ4v) is 4.21. The first kappa shape index (κ1) is 16.0. The Kier molecular flexibility index (Phi) is 4.98. The summed E-state index contributed by atoms with van der Waals surface area (Å²) in [7, 11) is -3.51. The molecule has 0 spiro atoms. The molecule has 0 aromatic heterocycles. The number of aryl methyl sites for hydroxylation is 2. The molecule has 0 heterocycles. The van der Waals surface area contributed by atoms with Crippen LogP contribution < -0.4 is 10.5 Å². The van der Waals surface area contributed by atoms with Crippen LogP contribution in [0.1, 0.15) is 43.4 Å². The summed E-state index contributed by atoms with van der Waals surface area (Å²) in [5.41, 5.74) is 8.79. The van der Waals surface area contributed by atoms with Crippen LogP contribution >= 0.6 is 0 Å². The SMILES string of the molecule is CCC(CC)NS(=O)(=O)c1c(C)cc(C)c(N)c1C. The number of benzene rings is 1. The van der Waals surface area contributed by atoms with E-state index in [0.29, 0.717) is 16.1 Å². The Bertz CT molecular complexity index is 561. The van der Waals surface area contributed by atoms with Gasteiger partial charge in [0.15, 0.2) is 0 Å².